The van der Waals surface area contributed by atoms with Gasteiger partial charge >= 0.3 is 12.1 Å². The Hall–Kier alpha value is -7.84. The van der Waals surface area contributed by atoms with Crippen molar-refractivity contribution in [1.82, 2.24) is 36.5 Å². The molecule has 0 unspecified atom stereocenters. The molecule has 0 bridgehead atoms. The number of ether oxygens (including phenoxy) is 1. The summed E-state index contributed by atoms with van der Waals surface area (Å²) in [4.78, 5) is 114. The van der Waals surface area contributed by atoms with Crippen molar-refractivity contribution in [2.45, 2.75) is 137 Å². The van der Waals surface area contributed by atoms with Gasteiger partial charge in [-0.05, 0) is 91.5 Å². The Balaban J connectivity index is 1.23. The molecule has 21 heteroatoms. The van der Waals surface area contributed by atoms with Crippen molar-refractivity contribution in [2.75, 3.05) is 36.8 Å². The highest BCUT2D eigenvalue weighted by Crippen LogP contribution is 2.29. The molecule has 0 aliphatic carbocycles. The van der Waals surface area contributed by atoms with Crippen LogP contribution in [0.5, 0.6) is 0 Å². The van der Waals surface area contributed by atoms with Crippen LogP contribution in [0.25, 0.3) is 6.08 Å². The fourth-order valence-electron chi connectivity index (χ4n) is 8.13. The molecule has 1 aliphatic heterocycles. The average molecular weight is 1050 g/mol. The number of benzene rings is 2. The van der Waals surface area contributed by atoms with Crippen LogP contribution in [0.1, 0.15) is 139 Å². The van der Waals surface area contributed by atoms with E-state index in [2.05, 4.69) is 61.0 Å². The van der Waals surface area contributed by atoms with Crippen LogP contribution in [0.4, 0.5) is 26.7 Å². The van der Waals surface area contributed by atoms with Gasteiger partial charge in [0.05, 0.1) is 17.6 Å². The number of urea groups is 1. The van der Waals surface area contributed by atoms with E-state index in [4.69, 9.17) is 16.2 Å². The maximum atomic E-state index is 13.6. The van der Waals surface area contributed by atoms with E-state index in [1.165, 1.54) is 12.4 Å². The zero-order chi connectivity index (χ0) is 55.6. The van der Waals surface area contributed by atoms with Crippen molar-refractivity contribution >= 4 is 76.5 Å². The van der Waals surface area contributed by atoms with Gasteiger partial charge in [-0.3, -0.25) is 33.8 Å². The number of nitrogens with zero attached hydrogens (tertiary/aromatic N) is 3. The molecular formula is C55H78N12O9. The Bertz CT molecular complexity index is 2520. The lowest BCUT2D eigenvalue weighted by atomic mass is 10.0. The number of nitrogens with two attached hydrogens (primary N) is 2. The van der Waals surface area contributed by atoms with Crippen molar-refractivity contribution in [2.24, 2.45) is 28.3 Å². The van der Waals surface area contributed by atoms with Crippen LogP contribution in [0, 0.1) is 11.8 Å². The lowest BCUT2D eigenvalue weighted by Crippen LogP contribution is -2.54. The molecule has 2 aromatic carbocycles. The Morgan fingerprint density at radius 3 is 2.14 bits per heavy atom. The third kappa shape index (κ3) is 21.6. The van der Waals surface area contributed by atoms with Crippen molar-refractivity contribution < 1.29 is 43.1 Å². The molecule has 76 heavy (non-hydrogen) atoms. The minimum atomic E-state index is -1.02. The second-order valence-corrected chi connectivity index (χ2v) is 19.6. The third-order valence-corrected chi connectivity index (χ3v) is 12.1. The number of nitrogens with one attached hydrogen (secondary N) is 7. The van der Waals surface area contributed by atoms with Crippen LogP contribution in [-0.2, 0) is 41.9 Å². The molecular weight excluding hydrogens is 973 g/mol. The number of pyridine rings is 1. The number of anilines is 2. The number of carbonyl (C=O) groups is 8. The Labute approximate surface area is 446 Å². The second-order valence-electron chi connectivity index (χ2n) is 19.6. The maximum Gasteiger partial charge on any atom is 0.407 e. The lowest BCUT2D eigenvalue weighted by molar-refractivity contribution is -0.132. The van der Waals surface area contributed by atoms with Crippen LogP contribution >= 0.6 is 0 Å². The summed E-state index contributed by atoms with van der Waals surface area (Å²) in [5.74, 6) is -1.67. The summed E-state index contributed by atoms with van der Waals surface area (Å²) in [5, 5.41) is 18.8. The van der Waals surface area contributed by atoms with Crippen LogP contribution in [0.2, 0.25) is 0 Å². The summed E-state index contributed by atoms with van der Waals surface area (Å²) >= 11 is 0. The van der Waals surface area contributed by atoms with Gasteiger partial charge in [0, 0.05) is 67.6 Å². The number of hydrogen-bond acceptors (Lipinski definition) is 12. The molecule has 4 rings (SSSR count). The number of amides is 9. The molecule has 3 aromatic rings. The highest BCUT2D eigenvalue weighted by Gasteiger charge is 2.29. The predicted octanol–water partition coefficient (Wildman–Crippen LogP) is 6.31. The van der Waals surface area contributed by atoms with Crippen molar-refractivity contribution in [3.8, 4) is 0 Å². The molecule has 21 nitrogen and oxygen atoms in total. The summed E-state index contributed by atoms with van der Waals surface area (Å²) in [6, 6.07) is 10.5. The van der Waals surface area contributed by atoms with E-state index in [0.29, 0.717) is 83.2 Å². The quantitative estimate of drug-likeness (QED) is 0.0333. The average Bonchev–Trinajstić information content (AvgIpc) is 3.55. The number of carbonyl (C=O) groups excluding carboxylic acids is 8. The highest BCUT2D eigenvalue weighted by molar-refractivity contribution is 6.08. The van der Waals surface area contributed by atoms with Crippen molar-refractivity contribution in [3.05, 3.63) is 88.8 Å². The molecule has 0 radical (unpaired) electrons. The number of alkyl carbamates (subject to hydrolysis) is 1. The van der Waals surface area contributed by atoms with Gasteiger partial charge in [-0.2, -0.15) is 0 Å². The number of unbranched alkanes of at least 4 members (excludes halogenated alkanes) is 3. The molecule has 2 atom stereocenters. The number of hydrogen-bond donors (Lipinski definition) is 9. The zero-order valence-electron chi connectivity index (χ0n) is 44.9. The number of aliphatic imine (C=N–C) groups is 1. The fourth-order valence-corrected chi connectivity index (χ4v) is 8.13. The Kier molecular flexibility index (Phi) is 25.4. The fraction of sp³-hybridized carbons (Fsp3) is 0.491. The summed E-state index contributed by atoms with van der Waals surface area (Å²) in [6.45, 7) is 13.0. The van der Waals surface area contributed by atoms with E-state index < -0.39 is 54.4 Å². The van der Waals surface area contributed by atoms with Gasteiger partial charge in [0.1, 0.15) is 31.1 Å². The SMILES string of the molecule is CCCN(CCC)C(=O)C1=Cc2ccc(C(=O)Nc3cncc(CNC(=O)CNC(=O)OCc4ccc(NC(=O)[C@H](CCCNC(N)=O)NC(=O)[C@@H](NC(=O)CCCCCCC(C)C)C(C)C)cc4)c3)cc2N=C(N)C1. The number of aromatic nitrogens is 1. The van der Waals surface area contributed by atoms with Crippen LogP contribution in [-0.4, -0.2) is 102 Å². The van der Waals surface area contributed by atoms with Crippen molar-refractivity contribution in [1.29, 1.82) is 0 Å². The first-order chi connectivity index (χ1) is 36.3. The van der Waals surface area contributed by atoms with Gasteiger partial charge in [-0.1, -0.05) is 85.4 Å². The van der Waals surface area contributed by atoms with Crippen LogP contribution in [0.15, 0.2) is 71.5 Å². The van der Waals surface area contributed by atoms with Gasteiger partial charge in [0.15, 0.2) is 0 Å². The van der Waals surface area contributed by atoms with Crippen molar-refractivity contribution in [3.63, 3.8) is 0 Å². The van der Waals surface area contributed by atoms with Gasteiger partial charge in [0.25, 0.3) is 5.91 Å². The first kappa shape index (κ1) is 60.7. The number of primary amides is 1. The molecule has 0 saturated heterocycles. The zero-order valence-corrected chi connectivity index (χ0v) is 44.9. The molecule has 0 saturated carbocycles. The van der Waals surface area contributed by atoms with Crippen LogP contribution < -0.4 is 48.7 Å². The number of amidine groups is 1. The molecule has 412 valence electrons. The largest absolute Gasteiger partial charge is 0.445 e. The Morgan fingerprint density at radius 1 is 0.737 bits per heavy atom. The molecule has 11 N–H and O–H groups in total. The van der Waals surface area contributed by atoms with Gasteiger partial charge in [-0.15, -0.1) is 0 Å². The summed E-state index contributed by atoms with van der Waals surface area (Å²) in [5.41, 5.74) is 15.3. The molecule has 2 heterocycles. The highest BCUT2D eigenvalue weighted by atomic mass is 16.5. The first-order valence-electron chi connectivity index (χ1n) is 26.3. The van der Waals surface area contributed by atoms with Gasteiger partial charge in [0.2, 0.25) is 29.5 Å². The van der Waals surface area contributed by atoms with Gasteiger partial charge in [-0.25, -0.2) is 14.6 Å². The smallest absolute Gasteiger partial charge is 0.407 e. The monoisotopic (exact) mass is 1050 g/mol. The van der Waals surface area contributed by atoms with E-state index in [-0.39, 0.29) is 56.1 Å². The number of fused-ring (bicyclic) bond motifs is 1. The standard InChI is InChI=1S/C55H78N12O9/c1-7-24-67(25-8-2)53(73)41-27-39-19-20-40(28-45(39)64-46(56)29-41)50(70)63-43-26-38(30-58-32-43)31-60-48(69)33-61-55(75)76-34-37-17-21-42(22-18-37)62-51(71)44(15-13-23-59-54(57)74)65-52(72)49(36(5)6)66-47(68)16-12-10-9-11-14-35(3)4/h17-22,26-28,30,32,35-36,44,49H,7-16,23-25,29,31,33-34H2,1-6H3,(H2,56,64)(H,60,69)(H,61,75)(H,62,71)(H,63,70)(H,65,72)(H,66,68)(H3,57,59,74)/t44-,49-/m0/s1. The molecule has 1 aromatic heterocycles. The first-order valence-corrected chi connectivity index (χ1v) is 26.3. The van der Waals surface area contributed by atoms with E-state index in [1.807, 2.05) is 32.6 Å². The van der Waals surface area contributed by atoms with E-state index in [1.54, 1.807) is 54.6 Å². The molecule has 0 fully saturated rings. The van der Waals surface area contributed by atoms with Gasteiger partial charge < -0.3 is 58.3 Å². The summed E-state index contributed by atoms with van der Waals surface area (Å²) in [7, 11) is 0. The topological polar surface area (TPSA) is 311 Å². The molecule has 9 amide bonds. The molecule has 0 spiro atoms. The maximum absolute atomic E-state index is 13.6. The minimum absolute atomic E-state index is 0.0402. The summed E-state index contributed by atoms with van der Waals surface area (Å²) < 4.78 is 5.28. The third-order valence-electron chi connectivity index (χ3n) is 12.1. The van der Waals surface area contributed by atoms with Crippen LogP contribution in [0.3, 0.4) is 0 Å². The number of rotatable bonds is 30. The normalized spacial score (nSPS) is 12.6. The lowest BCUT2D eigenvalue weighted by Gasteiger charge is -2.25. The molecule has 1 aliphatic rings. The predicted molar refractivity (Wildman–Crippen MR) is 293 cm³/mol. The van der Waals surface area contributed by atoms with E-state index >= 15 is 0 Å². The second kappa shape index (κ2) is 31.8. The van der Waals surface area contributed by atoms with E-state index in [0.717, 1.165) is 38.5 Å². The van der Waals surface area contributed by atoms with E-state index in [9.17, 15) is 38.4 Å². The summed E-state index contributed by atoms with van der Waals surface area (Å²) in [6.07, 6.45) is 11.5. The Morgan fingerprint density at radius 2 is 1.46 bits per heavy atom. The minimum Gasteiger partial charge on any atom is -0.445 e.